The first-order valence-electron chi connectivity index (χ1n) is 10.4. The summed E-state index contributed by atoms with van der Waals surface area (Å²) in [5, 5.41) is 28.4. The van der Waals surface area contributed by atoms with Crippen molar-refractivity contribution in [2.24, 2.45) is 5.92 Å². The van der Waals surface area contributed by atoms with Crippen LogP contribution >= 0.6 is 0 Å². The fourth-order valence-electron chi connectivity index (χ4n) is 4.13. The number of phenols is 1. The van der Waals surface area contributed by atoms with Crippen LogP contribution in [-0.4, -0.2) is 37.0 Å². The molecule has 160 valence electrons. The van der Waals surface area contributed by atoms with E-state index in [0.717, 1.165) is 25.7 Å². The molecule has 0 saturated heterocycles. The van der Waals surface area contributed by atoms with Gasteiger partial charge in [0.25, 0.3) is 0 Å². The summed E-state index contributed by atoms with van der Waals surface area (Å²) in [6.07, 6.45) is 4.96. The molecule has 1 saturated carbocycles. The summed E-state index contributed by atoms with van der Waals surface area (Å²) in [5.74, 6) is 0.217. The van der Waals surface area contributed by atoms with Gasteiger partial charge in [0.1, 0.15) is 11.6 Å². The largest absolute Gasteiger partial charge is 0.508 e. The molecule has 1 aliphatic rings. The van der Waals surface area contributed by atoms with Gasteiger partial charge in [-0.15, -0.1) is 0 Å². The van der Waals surface area contributed by atoms with Gasteiger partial charge in [-0.25, -0.2) is 9.97 Å². The third-order valence-electron chi connectivity index (χ3n) is 5.85. The van der Waals surface area contributed by atoms with Crippen LogP contribution in [0.2, 0.25) is 0 Å². The molecule has 7 heteroatoms. The molecule has 7 nitrogen and oxygen atoms in total. The number of carbonyl (C=O) groups excluding carboxylic acids is 1. The van der Waals surface area contributed by atoms with E-state index in [2.05, 4.69) is 9.97 Å². The lowest BCUT2D eigenvalue weighted by molar-refractivity contribution is -0.137. The number of benzene rings is 1. The van der Waals surface area contributed by atoms with Crippen LogP contribution in [0, 0.1) is 12.8 Å². The highest BCUT2D eigenvalue weighted by Crippen LogP contribution is 2.37. The molecule has 0 atom stereocenters. The van der Waals surface area contributed by atoms with Gasteiger partial charge in [0, 0.05) is 19.3 Å². The average molecular weight is 412 g/mol. The van der Waals surface area contributed by atoms with E-state index in [9.17, 15) is 19.8 Å². The smallest absolute Gasteiger partial charge is 0.303 e. The van der Waals surface area contributed by atoms with Gasteiger partial charge in [-0.05, 0) is 68.6 Å². The first-order valence-corrected chi connectivity index (χ1v) is 10.4. The highest BCUT2D eigenvalue weighted by molar-refractivity contribution is 5.97. The van der Waals surface area contributed by atoms with Crippen LogP contribution in [0.25, 0.3) is 0 Å². The summed E-state index contributed by atoms with van der Waals surface area (Å²) in [6, 6.07) is 7.41. The van der Waals surface area contributed by atoms with E-state index >= 15 is 0 Å². The predicted octanol–water partition coefficient (Wildman–Crippen LogP) is 4.15. The van der Waals surface area contributed by atoms with E-state index in [1.54, 1.807) is 19.1 Å². The first kappa shape index (κ1) is 21.7. The number of nitrogens with zero attached hydrogens (tertiary/aromatic N) is 2. The number of Topliss-reactive ketones (excluding diaryl/α,β-unsaturated/α-hetero) is 1. The normalized spacial score (nSPS) is 18.8. The number of ketones is 1. The number of carboxylic acids is 1. The van der Waals surface area contributed by atoms with Gasteiger partial charge < -0.3 is 15.3 Å². The zero-order chi connectivity index (χ0) is 21.7. The van der Waals surface area contributed by atoms with Crippen LogP contribution in [0.5, 0.6) is 11.5 Å². The lowest BCUT2D eigenvalue weighted by Gasteiger charge is -2.28. The maximum absolute atomic E-state index is 12.4. The molecule has 0 bridgehead atoms. The van der Waals surface area contributed by atoms with Gasteiger partial charge >= 0.3 is 5.97 Å². The summed E-state index contributed by atoms with van der Waals surface area (Å²) in [4.78, 5) is 31.7. The minimum atomic E-state index is -0.950. The Morgan fingerprint density at radius 3 is 2.30 bits per heavy atom. The maximum atomic E-state index is 12.4. The van der Waals surface area contributed by atoms with Crippen LogP contribution in [-0.2, 0) is 11.2 Å². The number of aromatic hydroxyl groups is 2. The van der Waals surface area contributed by atoms with Crippen LogP contribution in [0.3, 0.4) is 0 Å². The van der Waals surface area contributed by atoms with Gasteiger partial charge in [-0.3, -0.25) is 9.59 Å². The van der Waals surface area contributed by atoms with Crippen molar-refractivity contribution in [3.63, 3.8) is 0 Å². The van der Waals surface area contributed by atoms with E-state index in [-0.39, 0.29) is 42.2 Å². The number of carboxylic acid groups (broad SMARTS) is 1. The Labute approximate surface area is 175 Å². The van der Waals surface area contributed by atoms with E-state index in [0.29, 0.717) is 29.8 Å². The van der Waals surface area contributed by atoms with E-state index in [4.69, 9.17) is 5.11 Å². The van der Waals surface area contributed by atoms with Crippen molar-refractivity contribution in [3.8, 4) is 11.5 Å². The number of hydrogen-bond acceptors (Lipinski definition) is 6. The molecule has 0 aliphatic heterocycles. The van der Waals surface area contributed by atoms with Crippen LogP contribution < -0.4 is 0 Å². The van der Waals surface area contributed by atoms with E-state index in [1.165, 1.54) is 5.56 Å². The number of carbonyl (C=O) groups is 2. The molecule has 0 spiro atoms. The third kappa shape index (κ3) is 5.55. The molecule has 0 amide bonds. The Morgan fingerprint density at radius 2 is 1.67 bits per heavy atom. The molecule has 1 heterocycles. The Hall–Kier alpha value is -2.96. The number of aromatic nitrogens is 2. The van der Waals surface area contributed by atoms with Crippen molar-refractivity contribution < 1.29 is 24.9 Å². The first-order chi connectivity index (χ1) is 14.3. The lowest BCUT2D eigenvalue weighted by atomic mass is 9.77. The molecule has 0 unspecified atom stereocenters. The second-order valence-corrected chi connectivity index (χ2v) is 8.11. The molecule has 2 aromatic rings. The lowest BCUT2D eigenvalue weighted by Crippen LogP contribution is -2.18. The topological polar surface area (TPSA) is 121 Å². The number of rotatable bonds is 8. The van der Waals surface area contributed by atoms with Crippen LogP contribution in [0.4, 0.5) is 0 Å². The molecular weight excluding hydrogens is 384 g/mol. The third-order valence-corrected chi connectivity index (χ3v) is 5.85. The van der Waals surface area contributed by atoms with E-state index in [1.807, 2.05) is 12.1 Å². The predicted molar refractivity (Wildman–Crippen MR) is 111 cm³/mol. The molecule has 0 radical (unpaired) electrons. The zero-order valence-electron chi connectivity index (χ0n) is 17.2. The molecular formula is C23H28N2O5. The second kappa shape index (κ2) is 9.69. The SMILES string of the molecule is Cc1nc(CC2CCC(c3ccc(O)cc3)CC2)nc(C(=O)CCCC(=O)O)c1O. The minimum absolute atomic E-state index is 0.000619. The quantitative estimate of drug-likeness (QED) is 0.557. The molecule has 1 aromatic carbocycles. The molecule has 1 aromatic heterocycles. The summed E-state index contributed by atoms with van der Waals surface area (Å²) < 4.78 is 0. The standard InChI is InChI=1S/C23H28N2O5/c1-14-23(30)22(19(27)3-2-4-21(28)29)25-20(24-14)13-15-5-7-16(8-6-15)17-9-11-18(26)12-10-17/h9-12,15-16,26,30H,2-8,13H2,1H3,(H,28,29). The summed E-state index contributed by atoms with van der Waals surface area (Å²) in [7, 11) is 0. The van der Waals surface area contributed by atoms with Gasteiger partial charge in [-0.1, -0.05) is 12.1 Å². The average Bonchev–Trinajstić information content (AvgIpc) is 2.71. The van der Waals surface area contributed by atoms with Gasteiger partial charge in [-0.2, -0.15) is 0 Å². The van der Waals surface area contributed by atoms with E-state index < -0.39 is 5.97 Å². The summed E-state index contributed by atoms with van der Waals surface area (Å²) in [6.45, 7) is 1.65. The molecule has 1 fully saturated rings. The van der Waals surface area contributed by atoms with Crippen molar-refractivity contribution in [1.29, 1.82) is 0 Å². The highest BCUT2D eigenvalue weighted by atomic mass is 16.4. The second-order valence-electron chi connectivity index (χ2n) is 8.11. The highest BCUT2D eigenvalue weighted by Gasteiger charge is 2.25. The Bertz CT molecular complexity index is 903. The van der Waals surface area contributed by atoms with Crippen molar-refractivity contribution in [3.05, 3.63) is 47.0 Å². The maximum Gasteiger partial charge on any atom is 0.303 e. The Kier molecular flexibility index (Phi) is 7.03. The molecule has 3 N–H and O–H groups in total. The van der Waals surface area contributed by atoms with Crippen molar-refractivity contribution in [2.75, 3.05) is 0 Å². The fourth-order valence-corrected chi connectivity index (χ4v) is 4.13. The zero-order valence-corrected chi connectivity index (χ0v) is 17.2. The number of hydrogen-bond donors (Lipinski definition) is 3. The number of aliphatic carboxylic acids is 1. The minimum Gasteiger partial charge on any atom is -0.508 e. The van der Waals surface area contributed by atoms with Crippen molar-refractivity contribution in [1.82, 2.24) is 9.97 Å². The Balaban J connectivity index is 1.61. The monoisotopic (exact) mass is 412 g/mol. The van der Waals surface area contributed by atoms with Gasteiger partial charge in [0.05, 0.1) is 5.69 Å². The Morgan fingerprint density at radius 1 is 1.00 bits per heavy atom. The molecule has 30 heavy (non-hydrogen) atoms. The van der Waals surface area contributed by atoms with Gasteiger partial charge in [0.2, 0.25) is 0 Å². The number of aryl methyl sites for hydroxylation is 1. The van der Waals surface area contributed by atoms with Crippen molar-refractivity contribution >= 4 is 11.8 Å². The number of phenolic OH excluding ortho intramolecular Hbond substituents is 1. The van der Waals surface area contributed by atoms with Crippen LogP contribution in [0.1, 0.15) is 78.4 Å². The fraction of sp³-hybridized carbons (Fsp3) is 0.478. The summed E-state index contributed by atoms with van der Waals surface area (Å²) in [5.41, 5.74) is 1.62. The van der Waals surface area contributed by atoms with Gasteiger partial charge in [0.15, 0.2) is 17.2 Å². The summed E-state index contributed by atoms with van der Waals surface area (Å²) >= 11 is 0. The molecule has 1 aliphatic carbocycles. The van der Waals surface area contributed by atoms with Crippen molar-refractivity contribution in [2.45, 2.75) is 64.2 Å². The van der Waals surface area contributed by atoms with Crippen LogP contribution in [0.15, 0.2) is 24.3 Å². The molecule has 3 rings (SSSR count).